The summed E-state index contributed by atoms with van der Waals surface area (Å²) < 4.78 is 23.3. The van der Waals surface area contributed by atoms with E-state index in [1.165, 1.54) is 218 Å². The van der Waals surface area contributed by atoms with E-state index in [1.807, 2.05) is 27.2 Å². The third-order valence-corrected chi connectivity index (χ3v) is 14.0. The van der Waals surface area contributed by atoms with Gasteiger partial charge in [-0.3, -0.25) is 9.36 Å². The van der Waals surface area contributed by atoms with Gasteiger partial charge in [-0.1, -0.05) is 249 Å². The molecule has 0 aliphatic rings. The predicted molar refractivity (Wildman–Crippen MR) is 288 cm³/mol. The fourth-order valence-corrected chi connectivity index (χ4v) is 9.24. The van der Waals surface area contributed by atoms with Gasteiger partial charge in [0.2, 0.25) is 5.91 Å². The number of aliphatic hydroxyl groups excluding tert-OH is 1. The van der Waals surface area contributed by atoms with Crippen molar-refractivity contribution < 1.29 is 32.9 Å². The number of likely N-dealkylation sites (N-methyl/N-ethyl adjacent to an activating group) is 1. The lowest BCUT2D eigenvalue weighted by Gasteiger charge is -2.29. The number of nitrogens with zero attached hydrogens (tertiary/aromatic N) is 1. The molecule has 0 spiro atoms. The standard InChI is InChI=1S/C58H113N2O6P/c1-6-8-10-12-14-16-18-20-21-22-23-24-25-26-27-28-29-30-31-32-33-34-35-36-37-38-39-40-42-44-46-48-50-52-58(62)59-56(55-66-67(63,64)65-54-53-60(3,4)5)57(61)51-49-47-45-43-41-19-17-15-13-11-9-7-2/h22-23,41,43,49,51,56-57,61H,6-21,24-40,42,44-48,50,52-55H2,1-5H3,(H-,59,62,63,64)/b23-22-,43-41+,51-49+. The number of hydrogen-bond acceptors (Lipinski definition) is 6. The van der Waals surface area contributed by atoms with Gasteiger partial charge in [0.15, 0.2) is 0 Å². The van der Waals surface area contributed by atoms with Crippen LogP contribution in [0.3, 0.4) is 0 Å². The lowest BCUT2D eigenvalue weighted by atomic mass is 10.0. The van der Waals surface area contributed by atoms with Gasteiger partial charge in [0.25, 0.3) is 7.82 Å². The minimum absolute atomic E-state index is 0.00505. The first kappa shape index (κ1) is 65.7. The highest BCUT2D eigenvalue weighted by atomic mass is 31.2. The lowest BCUT2D eigenvalue weighted by molar-refractivity contribution is -0.870. The maximum Gasteiger partial charge on any atom is 0.268 e. The van der Waals surface area contributed by atoms with Crippen molar-refractivity contribution in [3.05, 3.63) is 36.5 Å². The number of rotatable bonds is 53. The van der Waals surface area contributed by atoms with Crippen LogP contribution in [0.5, 0.6) is 0 Å². The van der Waals surface area contributed by atoms with E-state index in [0.717, 1.165) is 38.5 Å². The topological polar surface area (TPSA) is 108 Å². The fourth-order valence-electron chi connectivity index (χ4n) is 8.52. The molecule has 0 saturated heterocycles. The Morgan fingerprint density at radius 1 is 0.507 bits per heavy atom. The van der Waals surface area contributed by atoms with Crippen molar-refractivity contribution in [2.45, 2.75) is 289 Å². The molecule has 0 rings (SSSR count). The van der Waals surface area contributed by atoms with Crippen LogP contribution < -0.4 is 10.2 Å². The predicted octanol–water partition coefficient (Wildman–Crippen LogP) is 16.7. The number of nitrogens with one attached hydrogen (secondary N) is 1. The summed E-state index contributed by atoms with van der Waals surface area (Å²) in [6.07, 6.45) is 63.9. The molecular weight excluding hydrogens is 852 g/mol. The monoisotopic (exact) mass is 965 g/mol. The van der Waals surface area contributed by atoms with Gasteiger partial charge in [-0.25, -0.2) is 0 Å². The summed E-state index contributed by atoms with van der Waals surface area (Å²) in [5.74, 6) is -0.204. The molecule has 8 nitrogen and oxygen atoms in total. The number of hydrogen-bond donors (Lipinski definition) is 2. The number of carbonyl (C=O) groups excluding carboxylic acids is 1. The molecule has 0 radical (unpaired) electrons. The molecule has 3 unspecified atom stereocenters. The molecule has 0 aromatic heterocycles. The summed E-state index contributed by atoms with van der Waals surface area (Å²) in [6.45, 7) is 4.63. The lowest BCUT2D eigenvalue weighted by Crippen LogP contribution is -2.45. The summed E-state index contributed by atoms with van der Waals surface area (Å²) >= 11 is 0. The van der Waals surface area contributed by atoms with Gasteiger partial charge in [0.05, 0.1) is 39.9 Å². The molecule has 0 saturated carbocycles. The zero-order valence-corrected chi connectivity index (χ0v) is 46.0. The fraction of sp³-hybridized carbons (Fsp3) is 0.879. The van der Waals surface area contributed by atoms with Gasteiger partial charge >= 0.3 is 0 Å². The van der Waals surface area contributed by atoms with Crippen LogP contribution in [0.2, 0.25) is 0 Å². The Balaban J connectivity index is 3.97. The Kier molecular flexibility index (Phi) is 48.7. The second-order valence-electron chi connectivity index (χ2n) is 21.0. The second kappa shape index (κ2) is 49.7. The number of quaternary nitrogens is 1. The quantitative estimate of drug-likeness (QED) is 0.0272. The number of allylic oxidation sites excluding steroid dienone is 5. The summed E-state index contributed by atoms with van der Waals surface area (Å²) in [6, 6.07) is -0.900. The smallest absolute Gasteiger partial charge is 0.268 e. The molecule has 0 aliphatic heterocycles. The first-order valence-electron chi connectivity index (χ1n) is 28.9. The number of phosphoric ester groups is 1. The molecule has 67 heavy (non-hydrogen) atoms. The molecule has 0 aromatic carbocycles. The Hall–Kier alpha value is -1.28. The zero-order valence-electron chi connectivity index (χ0n) is 45.1. The van der Waals surface area contributed by atoms with E-state index < -0.39 is 20.0 Å². The zero-order chi connectivity index (χ0) is 49.2. The van der Waals surface area contributed by atoms with E-state index in [4.69, 9.17) is 9.05 Å². The van der Waals surface area contributed by atoms with E-state index in [1.54, 1.807) is 6.08 Å². The van der Waals surface area contributed by atoms with Crippen molar-refractivity contribution in [3.8, 4) is 0 Å². The van der Waals surface area contributed by atoms with Crippen molar-refractivity contribution in [1.82, 2.24) is 5.32 Å². The number of unbranched alkanes of at least 4 members (excludes halogenated alkanes) is 36. The average Bonchev–Trinajstić information content (AvgIpc) is 3.29. The summed E-state index contributed by atoms with van der Waals surface area (Å²) in [5.41, 5.74) is 0. The first-order valence-corrected chi connectivity index (χ1v) is 30.3. The third kappa shape index (κ3) is 52.4. The molecule has 0 bridgehead atoms. The van der Waals surface area contributed by atoms with Gasteiger partial charge in [-0.05, 0) is 57.8 Å². The summed E-state index contributed by atoms with van der Waals surface area (Å²) in [5, 5.41) is 13.8. The van der Waals surface area contributed by atoms with Crippen LogP contribution in [-0.4, -0.2) is 68.5 Å². The number of phosphoric acid groups is 1. The van der Waals surface area contributed by atoms with Gasteiger partial charge in [0.1, 0.15) is 13.2 Å². The Bertz CT molecular complexity index is 1190. The minimum atomic E-state index is -4.60. The van der Waals surface area contributed by atoms with Crippen molar-refractivity contribution in [3.63, 3.8) is 0 Å². The summed E-state index contributed by atoms with van der Waals surface area (Å²) in [7, 11) is 1.25. The van der Waals surface area contributed by atoms with Crippen molar-refractivity contribution in [2.24, 2.45) is 0 Å². The van der Waals surface area contributed by atoms with Gasteiger partial charge < -0.3 is 28.8 Å². The van der Waals surface area contributed by atoms with E-state index in [-0.39, 0.29) is 19.1 Å². The largest absolute Gasteiger partial charge is 0.756 e. The van der Waals surface area contributed by atoms with Crippen molar-refractivity contribution in [2.75, 3.05) is 40.9 Å². The van der Waals surface area contributed by atoms with Crippen LogP contribution in [0.25, 0.3) is 0 Å². The van der Waals surface area contributed by atoms with Crippen LogP contribution in [0.1, 0.15) is 277 Å². The van der Waals surface area contributed by atoms with E-state index >= 15 is 0 Å². The van der Waals surface area contributed by atoms with Crippen LogP contribution in [0, 0.1) is 0 Å². The molecule has 0 aromatic rings. The third-order valence-electron chi connectivity index (χ3n) is 13.1. The minimum Gasteiger partial charge on any atom is -0.756 e. The van der Waals surface area contributed by atoms with Crippen LogP contribution in [-0.2, 0) is 18.4 Å². The van der Waals surface area contributed by atoms with Crippen molar-refractivity contribution in [1.29, 1.82) is 0 Å². The second-order valence-corrected chi connectivity index (χ2v) is 22.4. The van der Waals surface area contributed by atoms with Gasteiger partial charge in [-0.2, -0.15) is 0 Å². The maximum absolute atomic E-state index is 12.9. The SMILES string of the molecule is CCCCCCCC/C=C/CC/C=C/C(O)C(COP(=O)([O-])OCC[N+](C)(C)C)NC(=O)CCCCCCCCCCCCCCCCCCCCCCC/C=C\CCCCCCCCCC. The number of amides is 1. The summed E-state index contributed by atoms with van der Waals surface area (Å²) in [4.78, 5) is 25.4. The molecule has 9 heteroatoms. The van der Waals surface area contributed by atoms with Crippen molar-refractivity contribution >= 4 is 13.7 Å². The van der Waals surface area contributed by atoms with Gasteiger partial charge in [0, 0.05) is 6.42 Å². The van der Waals surface area contributed by atoms with Gasteiger partial charge in [-0.15, -0.1) is 0 Å². The van der Waals surface area contributed by atoms with Crippen LogP contribution in [0.15, 0.2) is 36.5 Å². The van der Waals surface area contributed by atoms with E-state index in [0.29, 0.717) is 17.4 Å². The van der Waals surface area contributed by atoms with Crippen LogP contribution in [0.4, 0.5) is 0 Å². The Labute approximate surface area is 417 Å². The van der Waals surface area contributed by atoms with E-state index in [2.05, 4.69) is 43.5 Å². The highest BCUT2D eigenvalue weighted by Gasteiger charge is 2.23. The molecular formula is C58H113N2O6P. The first-order chi connectivity index (χ1) is 32.5. The average molecular weight is 966 g/mol. The highest BCUT2D eigenvalue weighted by molar-refractivity contribution is 7.45. The Morgan fingerprint density at radius 3 is 1.21 bits per heavy atom. The molecule has 2 N–H and O–H groups in total. The Morgan fingerprint density at radius 2 is 0.836 bits per heavy atom. The maximum atomic E-state index is 12.9. The number of carbonyl (C=O) groups is 1. The molecule has 0 fully saturated rings. The van der Waals surface area contributed by atoms with E-state index in [9.17, 15) is 19.4 Å². The molecule has 1 amide bonds. The normalized spacial score (nSPS) is 14.2. The molecule has 0 heterocycles. The molecule has 396 valence electrons. The van der Waals surface area contributed by atoms with Crippen LogP contribution >= 0.6 is 7.82 Å². The number of aliphatic hydroxyl groups is 1. The molecule has 0 aliphatic carbocycles. The molecule has 3 atom stereocenters. The highest BCUT2D eigenvalue weighted by Crippen LogP contribution is 2.38.